The summed E-state index contributed by atoms with van der Waals surface area (Å²) in [7, 11) is 0. The Morgan fingerprint density at radius 3 is 2.21 bits per heavy atom. The molecule has 0 aromatic heterocycles. The van der Waals surface area contributed by atoms with E-state index >= 15 is 0 Å². The predicted octanol–water partition coefficient (Wildman–Crippen LogP) is 3.20. The summed E-state index contributed by atoms with van der Waals surface area (Å²) < 4.78 is 40.1. The van der Waals surface area contributed by atoms with Gasteiger partial charge in [0.05, 0.1) is 0 Å². The molecule has 0 aliphatic heterocycles. The summed E-state index contributed by atoms with van der Waals surface area (Å²) in [5.41, 5.74) is 1.18. The van der Waals surface area contributed by atoms with Crippen LogP contribution < -0.4 is 15.4 Å². The van der Waals surface area contributed by atoms with Crippen LogP contribution in [0.4, 0.5) is 18.9 Å². The lowest BCUT2D eigenvalue weighted by Gasteiger charge is -2.16. The van der Waals surface area contributed by atoms with Crippen LogP contribution in [0.15, 0.2) is 54.6 Å². The van der Waals surface area contributed by atoms with E-state index in [-0.39, 0.29) is 24.8 Å². The van der Waals surface area contributed by atoms with Gasteiger partial charge in [0.15, 0.2) is 0 Å². The molecule has 0 unspecified atom stereocenters. The molecule has 6 nitrogen and oxygen atoms in total. The summed E-state index contributed by atoms with van der Waals surface area (Å²) >= 11 is 0. The fraction of sp³-hybridized carbons (Fsp3) is 0.300. The highest BCUT2D eigenvalue weighted by Crippen LogP contribution is 2.24. The molecule has 0 bridgehead atoms. The third kappa shape index (κ3) is 7.82. The molecule has 2 aromatic rings. The van der Waals surface area contributed by atoms with Crippen LogP contribution in [0.2, 0.25) is 0 Å². The van der Waals surface area contributed by atoms with Crippen molar-refractivity contribution < 1.29 is 32.6 Å². The molecule has 2 aromatic carbocycles. The second-order valence-corrected chi connectivity index (χ2v) is 6.19. The summed E-state index contributed by atoms with van der Waals surface area (Å²) in [6.07, 6.45) is -3.75. The summed E-state index contributed by atoms with van der Waals surface area (Å²) in [6.45, 7) is 0.228. The van der Waals surface area contributed by atoms with Crippen LogP contribution in [0.3, 0.4) is 0 Å². The Bertz CT molecular complexity index is 796. The highest BCUT2D eigenvalue weighted by Gasteiger charge is 2.31. The maximum Gasteiger partial charge on any atom is 0.573 e. The Morgan fingerprint density at radius 1 is 0.966 bits per heavy atom. The first kappa shape index (κ1) is 22.2. The Kier molecular flexibility index (Phi) is 8.02. The second kappa shape index (κ2) is 10.5. The minimum absolute atomic E-state index is 0.00203. The lowest BCUT2D eigenvalue weighted by atomic mass is 9.93. The van der Waals surface area contributed by atoms with Gasteiger partial charge in [-0.25, -0.2) is 0 Å². The molecular formula is C20H21F3N2O4. The molecule has 0 aliphatic rings. The van der Waals surface area contributed by atoms with Gasteiger partial charge in [0.25, 0.3) is 0 Å². The van der Waals surface area contributed by atoms with Gasteiger partial charge in [0, 0.05) is 18.8 Å². The largest absolute Gasteiger partial charge is 0.573 e. The first-order valence-corrected chi connectivity index (χ1v) is 8.89. The Labute approximate surface area is 165 Å². The number of nitrogens with one attached hydrogen (secondary N) is 2. The Morgan fingerprint density at radius 2 is 1.62 bits per heavy atom. The number of halogens is 3. The number of ether oxygens (including phenoxy) is 1. The molecule has 29 heavy (non-hydrogen) atoms. The maximum absolute atomic E-state index is 12.1. The number of rotatable bonds is 8. The summed E-state index contributed by atoms with van der Waals surface area (Å²) in [4.78, 5) is 23.9. The number of anilines is 1. The molecular weight excluding hydrogens is 389 g/mol. The van der Waals surface area contributed by atoms with Crippen molar-refractivity contribution in [3.8, 4) is 5.75 Å². The molecule has 0 saturated heterocycles. The van der Waals surface area contributed by atoms with Crippen molar-refractivity contribution in [1.29, 1.82) is 0 Å². The molecule has 0 aliphatic carbocycles. The zero-order valence-corrected chi connectivity index (χ0v) is 15.4. The third-order valence-corrected chi connectivity index (χ3v) is 4.08. The molecule has 1 atom stereocenters. The van der Waals surface area contributed by atoms with E-state index in [4.69, 9.17) is 0 Å². The Hall–Kier alpha value is -3.07. The van der Waals surface area contributed by atoms with Gasteiger partial charge in [-0.3, -0.25) is 9.59 Å². The number of amides is 2. The highest BCUT2D eigenvalue weighted by molar-refractivity contribution is 6.39. The van der Waals surface area contributed by atoms with Gasteiger partial charge in [-0.2, -0.15) is 0 Å². The molecule has 2 amide bonds. The molecule has 2 rings (SSSR count). The van der Waals surface area contributed by atoms with Crippen LogP contribution in [0.1, 0.15) is 24.3 Å². The molecule has 0 fully saturated rings. The van der Waals surface area contributed by atoms with Gasteiger partial charge >= 0.3 is 18.2 Å². The number of benzene rings is 2. The van der Waals surface area contributed by atoms with Gasteiger partial charge in [-0.1, -0.05) is 30.3 Å². The van der Waals surface area contributed by atoms with Crippen molar-refractivity contribution in [2.75, 3.05) is 18.5 Å². The fourth-order valence-corrected chi connectivity index (χ4v) is 2.73. The van der Waals surface area contributed by atoms with E-state index in [9.17, 15) is 27.9 Å². The van der Waals surface area contributed by atoms with Crippen LogP contribution in [0.25, 0.3) is 0 Å². The standard InChI is InChI=1S/C20H21F3N2O4/c21-20(22,23)29-17-8-6-16(7-9-17)25-19(28)18(27)24-12-10-15(11-13-26)14-4-2-1-3-5-14/h1-9,15,26H,10-13H2,(H,24,27)(H,25,28)/t15-/m1/s1. The van der Waals surface area contributed by atoms with Crippen LogP contribution >= 0.6 is 0 Å². The van der Waals surface area contributed by atoms with Crippen molar-refractivity contribution in [3.05, 3.63) is 60.2 Å². The minimum Gasteiger partial charge on any atom is -0.406 e. The van der Waals surface area contributed by atoms with E-state index in [2.05, 4.69) is 15.4 Å². The summed E-state index contributed by atoms with van der Waals surface area (Å²) in [5, 5.41) is 14.0. The van der Waals surface area contributed by atoms with Crippen molar-refractivity contribution in [2.45, 2.75) is 25.1 Å². The molecule has 0 radical (unpaired) electrons. The second-order valence-electron chi connectivity index (χ2n) is 6.19. The average molecular weight is 410 g/mol. The van der Waals surface area contributed by atoms with E-state index in [1.54, 1.807) is 0 Å². The zero-order valence-electron chi connectivity index (χ0n) is 15.4. The smallest absolute Gasteiger partial charge is 0.406 e. The monoisotopic (exact) mass is 410 g/mol. The Balaban J connectivity index is 1.82. The van der Waals surface area contributed by atoms with Crippen molar-refractivity contribution in [3.63, 3.8) is 0 Å². The molecule has 0 spiro atoms. The van der Waals surface area contributed by atoms with E-state index in [0.29, 0.717) is 12.8 Å². The van der Waals surface area contributed by atoms with Gasteiger partial charge in [0.1, 0.15) is 5.75 Å². The first-order valence-electron chi connectivity index (χ1n) is 8.89. The van der Waals surface area contributed by atoms with Gasteiger partial charge in [-0.15, -0.1) is 13.2 Å². The molecule has 3 N–H and O–H groups in total. The number of hydrogen-bond donors (Lipinski definition) is 3. The molecule has 0 heterocycles. The van der Waals surface area contributed by atoms with Crippen LogP contribution in [-0.4, -0.2) is 36.4 Å². The van der Waals surface area contributed by atoms with Crippen LogP contribution in [0, 0.1) is 0 Å². The highest BCUT2D eigenvalue weighted by atomic mass is 19.4. The number of carbonyl (C=O) groups excluding carboxylic acids is 2. The summed E-state index contributed by atoms with van der Waals surface area (Å²) in [6, 6.07) is 14.0. The van der Waals surface area contributed by atoms with E-state index in [1.807, 2.05) is 30.3 Å². The van der Waals surface area contributed by atoms with Crippen LogP contribution in [0.5, 0.6) is 5.75 Å². The van der Waals surface area contributed by atoms with E-state index in [1.165, 1.54) is 12.1 Å². The topological polar surface area (TPSA) is 87.7 Å². The first-order chi connectivity index (χ1) is 13.8. The number of aliphatic hydroxyl groups excluding tert-OH is 1. The maximum atomic E-state index is 12.1. The van der Waals surface area contributed by atoms with Crippen molar-refractivity contribution in [1.82, 2.24) is 5.32 Å². The predicted molar refractivity (Wildman–Crippen MR) is 100 cm³/mol. The van der Waals surface area contributed by atoms with Gasteiger partial charge in [0.2, 0.25) is 0 Å². The lowest BCUT2D eigenvalue weighted by Crippen LogP contribution is -2.36. The van der Waals surface area contributed by atoms with Crippen molar-refractivity contribution >= 4 is 17.5 Å². The third-order valence-electron chi connectivity index (χ3n) is 4.08. The van der Waals surface area contributed by atoms with Crippen LogP contribution in [-0.2, 0) is 9.59 Å². The van der Waals surface area contributed by atoms with Gasteiger partial charge in [-0.05, 0) is 48.6 Å². The number of carbonyl (C=O) groups is 2. The number of hydrogen-bond acceptors (Lipinski definition) is 4. The number of aliphatic hydroxyl groups is 1. The SMILES string of the molecule is O=C(NCC[C@H](CCO)c1ccccc1)C(=O)Nc1ccc(OC(F)(F)F)cc1. The van der Waals surface area contributed by atoms with Gasteiger partial charge < -0.3 is 20.5 Å². The van der Waals surface area contributed by atoms with Crippen molar-refractivity contribution in [2.24, 2.45) is 0 Å². The lowest BCUT2D eigenvalue weighted by molar-refractivity contribution is -0.274. The summed E-state index contributed by atoms with van der Waals surface area (Å²) in [5.74, 6) is -2.20. The molecule has 156 valence electrons. The normalized spacial score (nSPS) is 12.1. The fourth-order valence-electron chi connectivity index (χ4n) is 2.73. The minimum atomic E-state index is -4.81. The molecule has 9 heteroatoms. The van der Waals surface area contributed by atoms with E-state index in [0.717, 1.165) is 17.7 Å². The zero-order chi connectivity index (χ0) is 21.3. The van der Waals surface area contributed by atoms with E-state index < -0.39 is 23.9 Å². The molecule has 0 saturated carbocycles. The quantitative estimate of drug-likeness (QED) is 0.584. The number of alkyl halides is 3. The average Bonchev–Trinajstić information content (AvgIpc) is 2.68.